The smallest absolute Gasteiger partial charge is 0.252 e. The largest absolute Gasteiger partial charge is 0.356 e. The van der Waals surface area contributed by atoms with Gasteiger partial charge in [0.05, 0.1) is 0 Å². The van der Waals surface area contributed by atoms with Gasteiger partial charge in [-0.3, -0.25) is 9.78 Å². The first-order valence-corrected chi connectivity index (χ1v) is 6.60. The van der Waals surface area contributed by atoms with E-state index >= 15 is 0 Å². The van der Waals surface area contributed by atoms with Crippen LogP contribution in [0.2, 0.25) is 0 Å². The lowest BCUT2D eigenvalue weighted by molar-refractivity contribution is 0.682. The van der Waals surface area contributed by atoms with Crippen molar-refractivity contribution in [3.63, 3.8) is 0 Å². The molecule has 4 heteroatoms. The van der Waals surface area contributed by atoms with E-state index in [2.05, 4.69) is 29.1 Å². The van der Waals surface area contributed by atoms with Crippen LogP contribution in [0.25, 0.3) is 0 Å². The van der Waals surface area contributed by atoms with Crippen molar-refractivity contribution in [3.05, 3.63) is 22.1 Å². The van der Waals surface area contributed by atoms with Gasteiger partial charge in [-0.2, -0.15) is 0 Å². The zero-order valence-electron chi connectivity index (χ0n) is 10.9. The van der Waals surface area contributed by atoms with E-state index in [0.717, 1.165) is 31.5 Å². The fourth-order valence-corrected chi connectivity index (χ4v) is 1.73. The number of aromatic amines is 1. The highest BCUT2D eigenvalue weighted by Gasteiger charge is 1.99. The van der Waals surface area contributed by atoms with Gasteiger partial charge in [0.25, 0.3) is 5.56 Å². The summed E-state index contributed by atoms with van der Waals surface area (Å²) in [6, 6.07) is 1.58. The third-order valence-electron chi connectivity index (χ3n) is 2.62. The van der Waals surface area contributed by atoms with Gasteiger partial charge in [0.1, 0.15) is 0 Å². The minimum absolute atomic E-state index is 0.0699. The summed E-state index contributed by atoms with van der Waals surface area (Å²) >= 11 is 0. The maximum atomic E-state index is 11.4. The Morgan fingerprint density at radius 1 is 1.24 bits per heavy atom. The molecule has 0 radical (unpaired) electrons. The lowest BCUT2D eigenvalue weighted by Gasteiger charge is -2.06. The summed E-state index contributed by atoms with van der Waals surface area (Å²) in [4.78, 5) is 18.5. The molecule has 1 aromatic rings. The van der Waals surface area contributed by atoms with E-state index < -0.39 is 0 Å². The quantitative estimate of drug-likeness (QED) is 0.683. The van der Waals surface area contributed by atoms with Crippen molar-refractivity contribution in [2.45, 2.75) is 52.4 Å². The van der Waals surface area contributed by atoms with Crippen molar-refractivity contribution in [2.75, 3.05) is 11.9 Å². The highest BCUT2D eigenvalue weighted by molar-refractivity contribution is 5.24. The van der Waals surface area contributed by atoms with Crippen LogP contribution < -0.4 is 10.9 Å². The van der Waals surface area contributed by atoms with Crippen molar-refractivity contribution >= 4 is 5.95 Å². The Hall–Kier alpha value is -1.32. The van der Waals surface area contributed by atoms with Gasteiger partial charge >= 0.3 is 0 Å². The maximum Gasteiger partial charge on any atom is 0.252 e. The molecule has 96 valence electrons. The molecule has 0 fully saturated rings. The minimum atomic E-state index is -0.0699. The SMILES string of the molecule is CCCCCCNc1nc(CCC)cc(=O)[nH]1. The van der Waals surface area contributed by atoms with Crippen molar-refractivity contribution in [2.24, 2.45) is 0 Å². The van der Waals surface area contributed by atoms with Crippen molar-refractivity contribution in [1.29, 1.82) is 0 Å². The average Bonchev–Trinajstić information content (AvgIpc) is 2.28. The number of hydrogen-bond donors (Lipinski definition) is 2. The predicted molar refractivity (Wildman–Crippen MR) is 71.5 cm³/mol. The van der Waals surface area contributed by atoms with Crippen LogP contribution in [0.15, 0.2) is 10.9 Å². The second kappa shape index (κ2) is 7.87. The van der Waals surface area contributed by atoms with E-state index in [1.54, 1.807) is 6.07 Å². The highest BCUT2D eigenvalue weighted by atomic mass is 16.1. The molecular formula is C13H23N3O. The van der Waals surface area contributed by atoms with E-state index in [4.69, 9.17) is 0 Å². The molecule has 1 rings (SSSR count). The summed E-state index contributed by atoms with van der Waals surface area (Å²) < 4.78 is 0. The lowest BCUT2D eigenvalue weighted by atomic mass is 10.2. The molecule has 0 amide bonds. The van der Waals surface area contributed by atoms with E-state index in [1.165, 1.54) is 19.3 Å². The third-order valence-corrected chi connectivity index (χ3v) is 2.62. The van der Waals surface area contributed by atoms with Crippen LogP contribution in [0.3, 0.4) is 0 Å². The van der Waals surface area contributed by atoms with Gasteiger partial charge < -0.3 is 5.32 Å². The number of rotatable bonds is 8. The van der Waals surface area contributed by atoms with E-state index in [1.807, 2.05) is 0 Å². The molecule has 0 spiro atoms. The maximum absolute atomic E-state index is 11.4. The van der Waals surface area contributed by atoms with Crippen LogP contribution in [0.5, 0.6) is 0 Å². The summed E-state index contributed by atoms with van der Waals surface area (Å²) in [5.74, 6) is 0.609. The topological polar surface area (TPSA) is 57.8 Å². The summed E-state index contributed by atoms with van der Waals surface area (Å²) in [5, 5.41) is 3.18. The van der Waals surface area contributed by atoms with Crippen molar-refractivity contribution in [1.82, 2.24) is 9.97 Å². The standard InChI is InChI=1S/C13H23N3O/c1-3-5-6-7-9-14-13-15-11(8-4-2)10-12(17)16-13/h10H,3-9H2,1-2H3,(H2,14,15,16,17). The Morgan fingerprint density at radius 2 is 2.06 bits per heavy atom. The molecule has 2 N–H and O–H groups in total. The van der Waals surface area contributed by atoms with Crippen LogP contribution in [0, 0.1) is 0 Å². The zero-order chi connectivity index (χ0) is 12.5. The predicted octanol–water partition coefficient (Wildman–Crippen LogP) is 2.71. The van der Waals surface area contributed by atoms with E-state index in [9.17, 15) is 4.79 Å². The van der Waals surface area contributed by atoms with Gasteiger partial charge in [-0.15, -0.1) is 0 Å². The van der Waals surface area contributed by atoms with Crippen molar-refractivity contribution in [3.8, 4) is 0 Å². The number of aromatic nitrogens is 2. The van der Waals surface area contributed by atoms with Crippen LogP contribution in [0.1, 0.15) is 51.6 Å². The van der Waals surface area contributed by atoms with Gasteiger partial charge in [-0.25, -0.2) is 4.98 Å². The number of hydrogen-bond acceptors (Lipinski definition) is 3. The van der Waals surface area contributed by atoms with Gasteiger partial charge in [0.15, 0.2) is 0 Å². The molecule has 0 atom stereocenters. The summed E-state index contributed by atoms with van der Waals surface area (Å²) in [5.41, 5.74) is 0.798. The molecule has 0 saturated carbocycles. The normalized spacial score (nSPS) is 10.5. The number of H-pyrrole nitrogens is 1. The lowest BCUT2D eigenvalue weighted by Crippen LogP contribution is -2.14. The fourth-order valence-electron chi connectivity index (χ4n) is 1.73. The molecule has 0 aliphatic carbocycles. The highest BCUT2D eigenvalue weighted by Crippen LogP contribution is 2.02. The molecule has 0 aliphatic heterocycles. The zero-order valence-corrected chi connectivity index (χ0v) is 10.9. The Morgan fingerprint density at radius 3 is 2.76 bits per heavy atom. The summed E-state index contributed by atoms with van der Waals surface area (Å²) in [7, 11) is 0. The number of unbranched alkanes of at least 4 members (excludes halogenated alkanes) is 3. The van der Waals surface area contributed by atoms with Gasteiger partial charge in [0.2, 0.25) is 5.95 Å². The Kier molecular flexibility index (Phi) is 6.37. The molecule has 1 heterocycles. The summed E-state index contributed by atoms with van der Waals surface area (Å²) in [6.07, 6.45) is 6.71. The number of aryl methyl sites for hydroxylation is 1. The molecule has 0 aromatic carbocycles. The number of nitrogens with zero attached hydrogens (tertiary/aromatic N) is 1. The molecule has 1 aromatic heterocycles. The molecule has 4 nitrogen and oxygen atoms in total. The molecule has 0 aliphatic rings. The third kappa shape index (κ3) is 5.52. The minimum Gasteiger partial charge on any atom is -0.356 e. The first-order chi connectivity index (χ1) is 8.26. The second-order valence-electron chi connectivity index (χ2n) is 4.32. The average molecular weight is 237 g/mol. The van der Waals surface area contributed by atoms with E-state index in [0.29, 0.717) is 5.95 Å². The molecule has 17 heavy (non-hydrogen) atoms. The molecule has 0 saturated heterocycles. The number of anilines is 1. The van der Waals surface area contributed by atoms with Gasteiger partial charge in [0, 0.05) is 18.3 Å². The van der Waals surface area contributed by atoms with E-state index in [-0.39, 0.29) is 5.56 Å². The second-order valence-corrected chi connectivity index (χ2v) is 4.32. The first-order valence-electron chi connectivity index (χ1n) is 6.60. The van der Waals surface area contributed by atoms with Crippen LogP contribution in [-0.4, -0.2) is 16.5 Å². The van der Waals surface area contributed by atoms with Crippen LogP contribution >= 0.6 is 0 Å². The molecular weight excluding hydrogens is 214 g/mol. The van der Waals surface area contributed by atoms with Crippen LogP contribution in [0.4, 0.5) is 5.95 Å². The molecule has 0 unspecified atom stereocenters. The number of nitrogens with one attached hydrogen (secondary N) is 2. The summed E-state index contributed by atoms with van der Waals surface area (Å²) in [6.45, 7) is 5.15. The monoisotopic (exact) mass is 237 g/mol. The van der Waals surface area contributed by atoms with Gasteiger partial charge in [-0.1, -0.05) is 39.5 Å². The van der Waals surface area contributed by atoms with Crippen molar-refractivity contribution < 1.29 is 0 Å². The van der Waals surface area contributed by atoms with Gasteiger partial charge in [-0.05, 0) is 12.8 Å². The first kappa shape index (κ1) is 13.7. The molecule has 0 bridgehead atoms. The van der Waals surface area contributed by atoms with Crippen LogP contribution in [-0.2, 0) is 6.42 Å². The Labute approximate surface area is 103 Å². The fraction of sp³-hybridized carbons (Fsp3) is 0.692. The Bertz CT molecular complexity index is 373. The Balaban J connectivity index is 2.44.